The molecule has 10 nitrogen and oxygen atoms in total. The fourth-order valence-electron chi connectivity index (χ4n) is 5.14. The minimum Gasteiger partial charge on any atom is -0.368 e. The third-order valence-electron chi connectivity index (χ3n) is 6.96. The van der Waals surface area contributed by atoms with Crippen LogP contribution in [0.25, 0.3) is 5.57 Å². The highest BCUT2D eigenvalue weighted by Crippen LogP contribution is 2.32. The van der Waals surface area contributed by atoms with Gasteiger partial charge in [-0.2, -0.15) is 5.11 Å². The molecule has 1 fully saturated rings. The summed E-state index contributed by atoms with van der Waals surface area (Å²) in [7, 11) is 0. The fraction of sp³-hybridized carbons (Fsp3) is 0.444. The molecule has 196 valence electrons. The zero-order valence-corrected chi connectivity index (χ0v) is 21.2. The predicted octanol–water partition coefficient (Wildman–Crippen LogP) is 2.30. The van der Waals surface area contributed by atoms with E-state index in [2.05, 4.69) is 15.7 Å². The van der Waals surface area contributed by atoms with Gasteiger partial charge in [0.1, 0.15) is 6.17 Å². The van der Waals surface area contributed by atoms with Crippen LogP contribution in [-0.2, 0) is 9.59 Å². The van der Waals surface area contributed by atoms with Gasteiger partial charge in [-0.15, -0.1) is 0 Å². The van der Waals surface area contributed by atoms with Crippen molar-refractivity contribution < 1.29 is 14.4 Å². The molecule has 1 saturated heterocycles. The third kappa shape index (κ3) is 6.32. The topological polar surface area (TPSA) is 146 Å². The lowest BCUT2D eigenvalue weighted by atomic mass is 9.88. The summed E-state index contributed by atoms with van der Waals surface area (Å²) >= 11 is 0. The average molecular weight is 506 g/mol. The molecule has 10 heteroatoms. The number of carbonyl (C=O) groups excluding carboxylic acids is 3. The molecule has 0 bridgehead atoms. The predicted molar refractivity (Wildman–Crippen MR) is 141 cm³/mol. The van der Waals surface area contributed by atoms with Crippen molar-refractivity contribution in [1.29, 1.82) is 0 Å². The average Bonchev–Trinajstić information content (AvgIpc) is 3.36. The van der Waals surface area contributed by atoms with Gasteiger partial charge in [0, 0.05) is 43.2 Å². The molecular formula is C27H35N7O3. The van der Waals surface area contributed by atoms with Gasteiger partial charge in [-0.1, -0.05) is 36.4 Å². The number of nitrogens with one attached hydrogen (secondary N) is 1. The SMILES string of the molecule is CCCN(CC(N)=O)C(=O)C1=CC2=CC=C(c3ccc(C(=O)N4CCCC4)cc3)CC2NC(N=NN)C1. The molecule has 2 heterocycles. The number of hydrogen-bond donors (Lipinski definition) is 3. The zero-order chi connectivity index (χ0) is 26.4. The first-order chi connectivity index (χ1) is 17.9. The second kappa shape index (κ2) is 12.0. The standard InChI is InChI=1S/C27H35N7O3/c1-2-11-34(17-24(28)35)27(37)22-14-21-10-9-20(15-23(21)30-25(16-22)31-32-29)18-5-7-19(8-6-18)26(36)33-12-3-4-13-33/h5-10,14,23,25,30H,2-4,11-13,15-17H2,1H3,(H2,28,35)(H2,29,31). The molecule has 1 aliphatic carbocycles. The van der Waals surface area contributed by atoms with E-state index in [1.54, 1.807) is 0 Å². The molecule has 0 radical (unpaired) electrons. The molecular weight excluding hydrogens is 470 g/mol. The normalized spacial score (nSPS) is 21.5. The summed E-state index contributed by atoms with van der Waals surface area (Å²) in [6, 6.07) is 7.64. The number of primary amides is 1. The zero-order valence-electron chi connectivity index (χ0n) is 21.2. The number of rotatable bonds is 8. The van der Waals surface area contributed by atoms with Gasteiger partial charge in [0.25, 0.3) is 5.91 Å². The molecule has 1 aromatic carbocycles. The van der Waals surface area contributed by atoms with Crippen molar-refractivity contribution >= 4 is 23.3 Å². The van der Waals surface area contributed by atoms with Crippen molar-refractivity contribution in [2.75, 3.05) is 26.2 Å². The molecule has 3 aliphatic rings. The number of amides is 3. The second-order valence-electron chi connectivity index (χ2n) is 9.67. The van der Waals surface area contributed by atoms with Crippen LogP contribution in [0.5, 0.6) is 0 Å². The molecule has 4 rings (SSSR count). The summed E-state index contributed by atoms with van der Waals surface area (Å²) in [6.07, 6.45) is 9.20. The van der Waals surface area contributed by atoms with E-state index in [1.165, 1.54) is 4.90 Å². The third-order valence-corrected chi connectivity index (χ3v) is 6.96. The van der Waals surface area contributed by atoms with E-state index in [9.17, 15) is 14.4 Å². The van der Waals surface area contributed by atoms with Gasteiger partial charge in [-0.3, -0.25) is 19.7 Å². The van der Waals surface area contributed by atoms with Gasteiger partial charge >= 0.3 is 0 Å². The fourth-order valence-corrected chi connectivity index (χ4v) is 5.14. The summed E-state index contributed by atoms with van der Waals surface area (Å²) in [4.78, 5) is 40.9. The van der Waals surface area contributed by atoms with Crippen LogP contribution in [0.2, 0.25) is 0 Å². The van der Waals surface area contributed by atoms with Crippen LogP contribution < -0.4 is 16.9 Å². The number of nitrogens with two attached hydrogens (primary N) is 2. The lowest BCUT2D eigenvalue weighted by Crippen LogP contribution is -2.41. The summed E-state index contributed by atoms with van der Waals surface area (Å²) in [6.45, 7) is 3.88. The highest BCUT2D eigenvalue weighted by atomic mass is 16.2. The molecule has 1 aromatic rings. The van der Waals surface area contributed by atoms with Crippen molar-refractivity contribution in [3.8, 4) is 0 Å². The van der Waals surface area contributed by atoms with Crippen molar-refractivity contribution in [3.63, 3.8) is 0 Å². The van der Waals surface area contributed by atoms with Crippen molar-refractivity contribution in [2.24, 2.45) is 21.9 Å². The maximum absolute atomic E-state index is 13.3. The van der Waals surface area contributed by atoms with E-state index >= 15 is 0 Å². The highest BCUT2D eigenvalue weighted by Gasteiger charge is 2.30. The quantitative estimate of drug-likeness (QED) is 0.282. The molecule has 3 amide bonds. The number of fused-ring (bicyclic) bond motifs is 1. The number of benzene rings is 1. The maximum atomic E-state index is 13.3. The van der Waals surface area contributed by atoms with Gasteiger partial charge < -0.3 is 21.4 Å². The lowest BCUT2D eigenvalue weighted by Gasteiger charge is -2.25. The number of allylic oxidation sites excluding steroid dienone is 2. The van der Waals surface area contributed by atoms with Gasteiger partial charge in [-0.05, 0) is 60.6 Å². The van der Waals surface area contributed by atoms with Crippen molar-refractivity contribution in [2.45, 2.75) is 51.2 Å². The highest BCUT2D eigenvalue weighted by molar-refractivity contribution is 5.96. The molecule has 5 N–H and O–H groups in total. The first kappa shape index (κ1) is 26.3. The Morgan fingerprint density at radius 3 is 2.49 bits per heavy atom. The Balaban J connectivity index is 1.58. The van der Waals surface area contributed by atoms with Crippen LogP contribution in [0.4, 0.5) is 0 Å². The number of carbonyl (C=O) groups is 3. The maximum Gasteiger partial charge on any atom is 0.253 e. The van der Waals surface area contributed by atoms with Gasteiger partial charge in [0.05, 0.1) is 6.54 Å². The van der Waals surface area contributed by atoms with Crippen LogP contribution >= 0.6 is 0 Å². The number of nitrogens with zero attached hydrogens (tertiary/aromatic N) is 4. The number of hydrogen-bond acceptors (Lipinski definition) is 6. The van der Waals surface area contributed by atoms with Crippen molar-refractivity contribution in [3.05, 3.63) is 64.8 Å². The van der Waals surface area contributed by atoms with E-state index in [4.69, 9.17) is 11.6 Å². The molecule has 2 aliphatic heterocycles. The van der Waals surface area contributed by atoms with Crippen LogP contribution in [0.15, 0.2) is 64.0 Å². The number of likely N-dealkylation sites (tertiary alicyclic amines) is 1. The Hall–Kier alpha value is -3.79. The summed E-state index contributed by atoms with van der Waals surface area (Å²) in [5.41, 5.74) is 9.68. The van der Waals surface area contributed by atoms with Crippen LogP contribution in [0.3, 0.4) is 0 Å². The van der Waals surface area contributed by atoms with Gasteiger partial charge in [0.2, 0.25) is 11.8 Å². The lowest BCUT2D eigenvalue weighted by molar-refractivity contribution is -0.132. The van der Waals surface area contributed by atoms with Crippen molar-refractivity contribution in [1.82, 2.24) is 15.1 Å². The smallest absolute Gasteiger partial charge is 0.253 e. The van der Waals surface area contributed by atoms with E-state index in [0.717, 1.165) is 42.6 Å². The Morgan fingerprint density at radius 1 is 1.11 bits per heavy atom. The van der Waals surface area contributed by atoms with Gasteiger partial charge in [0.15, 0.2) is 0 Å². The van der Waals surface area contributed by atoms with Crippen LogP contribution in [0, 0.1) is 0 Å². The minimum absolute atomic E-state index is 0.0834. The van der Waals surface area contributed by atoms with E-state index < -0.39 is 12.1 Å². The first-order valence-electron chi connectivity index (χ1n) is 12.8. The Kier molecular flexibility index (Phi) is 8.50. The molecule has 2 unspecified atom stereocenters. The summed E-state index contributed by atoms with van der Waals surface area (Å²) < 4.78 is 0. The monoisotopic (exact) mass is 505 g/mol. The Labute approximate surface area is 217 Å². The largest absolute Gasteiger partial charge is 0.368 e. The first-order valence-corrected chi connectivity index (χ1v) is 12.8. The molecule has 37 heavy (non-hydrogen) atoms. The Morgan fingerprint density at radius 2 is 1.84 bits per heavy atom. The van der Waals surface area contributed by atoms with Gasteiger partial charge in [-0.25, -0.2) is 0 Å². The molecule has 2 atom stereocenters. The van der Waals surface area contributed by atoms with Crippen LogP contribution in [0.1, 0.15) is 54.9 Å². The van der Waals surface area contributed by atoms with E-state index in [1.807, 2.05) is 54.3 Å². The van der Waals surface area contributed by atoms with E-state index in [-0.39, 0.29) is 30.8 Å². The second-order valence-corrected chi connectivity index (χ2v) is 9.67. The summed E-state index contributed by atoms with van der Waals surface area (Å²) in [5.74, 6) is 4.65. The van der Waals surface area contributed by atoms with E-state index in [0.29, 0.717) is 30.5 Å². The molecule has 0 aromatic heterocycles. The Bertz CT molecular complexity index is 1150. The van der Waals surface area contributed by atoms with Crippen LogP contribution in [-0.4, -0.2) is 65.9 Å². The minimum atomic E-state index is -0.553. The summed E-state index contributed by atoms with van der Waals surface area (Å²) in [5, 5.41) is 11.0. The molecule has 0 saturated carbocycles. The molecule has 0 spiro atoms.